The first-order chi connectivity index (χ1) is 30.8. The number of rotatable bonds is 11. The Bertz CT molecular complexity index is 2900. The lowest BCUT2D eigenvalue weighted by Crippen LogP contribution is -2.68. The summed E-state index contributed by atoms with van der Waals surface area (Å²) in [6.07, 6.45) is 9.10. The van der Waals surface area contributed by atoms with Gasteiger partial charge < -0.3 is 4.90 Å². The molecular weight excluding hydrogens is 763 g/mol. The second kappa shape index (κ2) is 17.6. The molecule has 1 nitrogen and oxygen atoms in total. The smallest absolute Gasteiger partial charge is 0.175 e. The molecular formula is C60H47NSi. The molecule has 0 heterocycles. The zero-order chi connectivity index (χ0) is 41.6. The zero-order valence-corrected chi connectivity index (χ0v) is 35.7. The highest BCUT2D eigenvalue weighted by Gasteiger charge is 2.42. The fourth-order valence-electron chi connectivity index (χ4n) is 9.34. The summed E-state index contributed by atoms with van der Waals surface area (Å²) in [7, 11) is -2.59. The molecule has 0 N–H and O–H groups in total. The van der Waals surface area contributed by atoms with Crippen molar-refractivity contribution in [2.24, 2.45) is 0 Å². The molecule has 296 valence electrons. The van der Waals surface area contributed by atoms with E-state index in [0.29, 0.717) is 0 Å². The van der Waals surface area contributed by atoms with Crippen molar-refractivity contribution >= 4 is 40.7 Å². The highest BCUT2D eigenvalue weighted by molar-refractivity contribution is 7.16. The molecule has 0 aliphatic heterocycles. The minimum atomic E-state index is -2.59. The van der Waals surface area contributed by atoms with Gasteiger partial charge in [-0.2, -0.15) is 0 Å². The predicted octanol–water partition coefficient (Wildman–Crippen LogP) is 14.1. The molecule has 10 rings (SSSR count). The van der Waals surface area contributed by atoms with Gasteiger partial charge in [-0.05, 0) is 115 Å². The summed E-state index contributed by atoms with van der Waals surface area (Å²) < 4.78 is 0. The van der Waals surface area contributed by atoms with Gasteiger partial charge in [-0.25, -0.2) is 0 Å². The molecule has 1 aliphatic rings. The second-order valence-corrected chi connectivity index (χ2v) is 19.8. The molecule has 0 fully saturated rings. The Hall–Kier alpha value is -7.52. The number of hydrogen-bond donors (Lipinski definition) is 0. The number of allylic oxidation sites excluding steroid dienone is 4. The summed E-state index contributed by atoms with van der Waals surface area (Å²) in [5, 5.41) is 5.76. The maximum absolute atomic E-state index is 2.59. The predicted molar refractivity (Wildman–Crippen MR) is 267 cm³/mol. The maximum Gasteiger partial charge on any atom is 0.175 e. The van der Waals surface area contributed by atoms with Crippen LogP contribution >= 0.6 is 0 Å². The van der Waals surface area contributed by atoms with Gasteiger partial charge in [0.15, 0.2) is 8.07 Å². The average Bonchev–Trinajstić information content (AvgIpc) is 3.37. The molecule has 9 aromatic carbocycles. The van der Waals surface area contributed by atoms with E-state index >= 15 is 0 Å². The Balaban J connectivity index is 1.07. The van der Waals surface area contributed by atoms with Crippen molar-refractivity contribution in [1.82, 2.24) is 0 Å². The van der Waals surface area contributed by atoms with Crippen LogP contribution in [0.3, 0.4) is 0 Å². The molecule has 62 heavy (non-hydrogen) atoms. The molecule has 0 bridgehead atoms. The molecule has 0 saturated heterocycles. The van der Waals surface area contributed by atoms with Crippen molar-refractivity contribution in [1.29, 1.82) is 0 Å². The van der Waals surface area contributed by atoms with Crippen LogP contribution in [0.2, 0.25) is 0 Å². The molecule has 0 spiro atoms. The summed E-state index contributed by atoms with van der Waals surface area (Å²) in [5.41, 5.74) is 13.0. The SMILES string of the molecule is C1=CCCC([Si](c2ccccc2)(c2ccccc2)c2ccc(N(c3ccc(-c4ccccc4)cc3)c3ccc(-c4ccc(-c5ccccc5)c(-c5ccccc5)c4)cc3)cc2)=C1. The van der Waals surface area contributed by atoms with Crippen molar-refractivity contribution in [2.75, 3.05) is 4.90 Å². The minimum Gasteiger partial charge on any atom is -0.311 e. The van der Waals surface area contributed by atoms with Gasteiger partial charge in [0.25, 0.3) is 0 Å². The molecule has 9 aromatic rings. The van der Waals surface area contributed by atoms with Crippen LogP contribution in [0.5, 0.6) is 0 Å². The van der Waals surface area contributed by atoms with Gasteiger partial charge in [0.05, 0.1) is 0 Å². The van der Waals surface area contributed by atoms with Gasteiger partial charge >= 0.3 is 0 Å². The highest BCUT2D eigenvalue weighted by atomic mass is 28.3. The van der Waals surface area contributed by atoms with E-state index in [1.807, 2.05) is 0 Å². The minimum absolute atomic E-state index is 1.06. The van der Waals surface area contributed by atoms with E-state index in [9.17, 15) is 0 Å². The van der Waals surface area contributed by atoms with E-state index < -0.39 is 8.07 Å². The van der Waals surface area contributed by atoms with E-state index in [-0.39, 0.29) is 0 Å². The van der Waals surface area contributed by atoms with Crippen molar-refractivity contribution in [3.63, 3.8) is 0 Å². The van der Waals surface area contributed by atoms with Crippen molar-refractivity contribution < 1.29 is 0 Å². The van der Waals surface area contributed by atoms with E-state index in [1.165, 1.54) is 60.1 Å². The largest absolute Gasteiger partial charge is 0.311 e. The molecule has 0 atom stereocenters. The third-order valence-corrected chi connectivity index (χ3v) is 17.3. The lowest BCUT2D eigenvalue weighted by atomic mass is 9.91. The van der Waals surface area contributed by atoms with E-state index in [1.54, 1.807) is 5.20 Å². The first-order valence-electron chi connectivity index (χ1n) is 21.6. The average molecular weight is 810 g/mol. The van der Waals surface area contributed by atoms with Gasteiger partial charge in [0, 0.05) is 17.1 Å². The molecule has 0 unspecified atom stereocenters. The number of anilines is 3. The van der Waals surface area contributed by atoms with E-state index in [4.69, 9.17) is 0 Å². The third kappa shape index (κ3) is 7.58. The Kier molecular flexibility index (Phi) is 11.0. The molecule has 1 aliphatic carbocycles. The van der Waals surface area contributed by atoms with E-state index in [0.717, 1.165) is 29.9 Å². The molecule has 0 radical (unpaired) electrons. The van der Waals surface area contributed by atoms with Crippen LogP contribution in [0.15, 0.2) is 266 Å². The van der Waals surface area contributed by atoms with Gasteiger partial charge in [0.1, 0.15) is 0 Å². The van der Waals surface area contributed by atoms with Crippen LogP contribution in [0.25, 0.3) is 44.5 Å². The topological polar surface area (TPSA) is 3.24 Å². The van der Waals surface area contributed by atoms with Gasteiger partial charge in [0.2, 0.25) is 0 Å². The molecule has 0 amide bonds. The standard InChI is InChI=1S/C60H47NSi/c1-7-19-46(20-8-1)47-31-36-52(37-32-47)61(53-38-33-48(34-39-53)51-35-44-59(49-21-9-2-10-22-49)60(45-51)50-23-11-3-12-24-50)54-40-42-58(43-41-54)62(55-25-13-4-14-26-55,56-27-15-5-16-28-56)57-29-17-6-18-30-57/h1-17,19-29,31-45H,18,30H2. The molecule has 0 saturated carbocycles. The summed E-state index contributed by atoms with van der Waals surface area (Å²) in [5.74, 6) is 0. The normalized spacial score (nSPS) is 12.4. The number of nitrogens with zero attached hydrogens (tertiary/aromatic N) is 1. The summed E-state index contributed by atoms with van der Waals surface area (Å²) >= 11 is 0. The Morgan fingerprint density at radius 2 is 0.710 bits per heavy atom. The first kappa shape index (κ1) is 38.7. The third-order valence-electron chi connectivity index (χ3n) is 12.3. The van der Waals surface area contributed by atoms with Crippen LogP contribution < -0.4 is 20.5 Å². The lowest BCUT2D eigenvalue weighted by molar-refractivity contribution is 1.01. The van der Waals surface area contributed by atoms with E-state index in [2.05, 4.69) is 266 Å². The fourth-order valence-corrected chi connectivity index (χ4v) is 14.4. The van der Waals surface area contributed by atoms with Gasteiger partial charge in [-0.1, -0.05) is 224 Å². The van der Waals surface area contributed by atoms with Crippen LogP contribution in [0.1, 0.15) is 12.8 Å². The van der Waals surface area contributed by atoms with Gasteiger partial charge in [-0.15, -0.1) is 0 Å². The molecule has 0 aromatic heterocycles. The number of benzene rings is 9. The quantitative estimate of drug-likeness (QED) is 0.0929. The summed E-state index contributed by atoms with van der Waals surface area (Å²) in [6.45, 7) is 0. The molecule has 2 heteroatoms. The van der Waals surface area contributed by atoms with Crippen molar-refractivity contribution in [3.05, 3.63) is 266 Å². The fraction of sp³-hybridized carbons (Fsp3) is 0.0333. The van der Waals surface area contributed by atoms with Gasteiger partial charge in [-0.3, -0.25) is 0 Å². The van der Waals surface area contributed by atoms with Crippen LogP contribution in [0, 0.1) is 0 Å². The Morgan fingerprint density at radius 1 is 0.323 bits per heavy atom. The Morgan fingerprint density at radius 3 is 1.19 bits per heavy atom. The van der Waals surface area contributed by atoms with Crippen LogP contribution in [-0.2, 0) is 0 Å². The Labute approximate surface area is 367 Å². The lowest BCUT2D eigenvalue weighted by Gasteiger charge is -2.37. The summed E-state index contributed by atoms with van der Waals surface area (Å²) in [4.78, 5) is 2.40. The highest BCUT2D eigenvalue weighted by Crippen LogP contribution is 2.39. The zero-order valence-electron chi connectivity index (χ0n) is 34.7. The van der Waals surface area contributed by atoms with Crippen LogP contribution in [-0.4, -0.2) is 8.07 Å². The maximum atomic E-state index is 2.42. The number of hydrogen-bond acceptors (Lipinski definition) is 1. The van der Waals surface area contributed by atoms with Crippen molar-refractivity contribution in [2.45, 2.75) is 12.8 Å². The van der Waals surface area contributed by atoms with Crippen molar-refractivity contribution in [3.8, 4) is 44.5 Å². The first-order valence-corrected chi connectivity index (χ1v) is 23.6. The monoisotopic (exact) mass is 809 g/mol. The summed E-state index contributed by atoms with van der Waals surface area (Å²) in [6, 6.07) is 89.0. The second-order valence-electron chi connectivity index (χ2n) is 16.0. The van der Waals surface area contributed by atoms with Crippen LogP contribution in [0.4, 0.5) is 17.1 Å².